The van der Waals surface area contributed by atoms with Gasteiger partial charge in [-0.15, -0.1) is 0 Å². The van der Waals surface area contributed by atoms with Crippen molar-refractivity contribution in [2.75, 3.05) is 20.8 Å². The van der Waals surface area contributed by atoms with Gasteiger partial charge in [-0.2, -0.15) is 0 Å². The number of nitrogens with zero attached hydrogens (tertiary/aromatic N) is 1. The lowest BCUT2D eigenvalue weighted by Crippen LogP contribution is -2.28. The number of nitrogens with one attached hydrogen (secondary N) is 1. The SMILES string of the molecule is CCCCNC(=O)c1cn(Cc2ccccc2)c(=O)c2cc(OC)c(OC)cc12. The van der Waals surface area contributed by atoms with Gasteiger partial charge >= 0.3 is 0 Å². The van der Waals surface area contributed by atoms with Crippen molar-refractivity contribution in [1.82, 2.24) is 9.88 Å². The summed E-state index contributed by atoms with van der Waals surface area (Å²) < 4.78 is 12.3. The van der Waals surface area contributed by atoms with E-state index in [1.165, 1.54) is 14.2 Å². The maximum absolute atomic E-state index is 13.2. The number of pyridine rings is 1. The van der Waals surface area contributed by atoms with E-state index in [1.54, 1.807) is 22.9 Å². The number of carbonyl (C=O) groups is 1. The van der Waals surface area contributed by atoms with Gasteiger partial charge in [-0.1, -0.05) is 43.7 Å². The third-order valence-corrected chi connectivity index (χ3v) is 4.85. The molecule has 6 heteroatoms. The average Bonchev–Trinajstić information content (AvgIpc) is 2.75. The smallest absolute Gasteiger partial charge is 0.258 e. The molecule has 0 fully saturated rings. The first kappa shape index (κ1) is 20.5. The van der Waals surface area contributed by atoms with E-state index in [2.05, 4.69) is 12.2 Å². The number of hydrogen-bond donors (Lipinski definition) is 1. The van der Waals surface area contributed by atoms with Crippen LogP contribution >= 0.6 is 0 Å². The van der Waals surface area contributed by atoms with Crippen molar-refractivity contribution in [2.45, 2.75) is 26.3 Å². The van der Waals surface area contributed by atoms with E-state index in [-0.39, 0.29) is 11.5 Å². The molecule has 0 atom stereocenters. The first-order chi connectivity index (χ1) is 14.1. The fourth-order valence-corrected chi connectivity index (χ4v) is 3.27. The molecule has 0 saturated carbocycles. The van der Waals surface area contributed by atoms with Crippen molar-refractivity contribution in [2.24, 2.45) is 0 Å². The molecule has 0 aliphatic rings. The van der Waals surface area contributed by atoms with Gasteiger partial charge < -0.3 is 19.4 Å². The molecule has 0 radical (unpaired) electrons. The van der Waals surface area contributed by atoms with Gasteiger partial charge in [0, 0.05) is 18.1 Å². The van der Waals surface area contributed by atoms with Crippen molar-refractivity contribution in [3.63, 3.8) is 0 Å². The fraction of sp³-hybridized carbons (Fsp3) is 0.304. The molecule has 1 aromatic heterocycles. The molecular weight excluding hydrogens is 368 g/mol. The maximum Gasteiger partial charge on any atom is 0.258 e. The zero-order valence-corrected chi connectivity index (χ0v) is 17.0. The Balaban J connectivity index is 2.17. The number of ether oxygens (including phenoxy) is 2. The number of unbranched alkanes of at least 4 members (excludes halogenated alkanes) is 1. The summed E-state index contributed by atoms with van der Waals surface area (Å²) in [4.78, 5) is 26.1. The lowest BCUT2D eigenvalue weighted by atomic mass is 10.0. The largest absolute Gasteiger partial charge is 0.493 e. The highest BCUT2D eigenvalue weighted by Crippen LogP contribution is 2.32. The van der Waals surface area contributed by atoms with Crippen LogP contribution < -0.4 is 20.3 Å². The predicted octanol–water partition coefficient (Wildman–Crippen LogP) is 3.60. The number of aromatic nitrogens is 1. The second-order valence-corrected chi connectivity index (χ2v) is 6.82. The number of amides is 1. The molecule has 0 unspecified atom stereocenters. The van der Waals surface area contributed by atoms with E-state index in [4.69, 9.17) is 9.47 Å². The molecule has 3 rings (SSSR count). The second-order valence-electron chi connectivity index (χ2n) is 6.82. The van der Waals surface area contributed by atoms with Crippen LogP contribution in [0.1, 0.15) is 35.7 Å². The molecule has 1 heterocycles. The van der Waals surface area contributed by atoms with E-state index in [1.807, 2.05) is 30.3 Å². The number of benzene rings is 2. The molecule has 0 aliphatic heterocycles. The first-order valence-electron chi connectivity index (χ1n) is 9.70. The maximum atomic E-state index is 13.2. The van der Waals surface area contributed by atoms with Crippen molar-refractivity contribution < 1.29 is 14.3 Å². The number of methoxy groups -OCH3 is 2. The molecule has 3 aromatic rings. The molecular formula is C23H26N2O4. The van der Waals surface area contributed by atoms with Crippen molar-refractivity contribution in [1.29, 1.82) is 0 Å². The molecule has 0 aliphatic carbocycles. The summed E-state index contributed by atoms with van der Waals surface area (Å²) in [5, 5.41) is 3.91. The first-order valence-corrected chi connectivity index (χ1v) is 9.70. The van der Waals surface area contributed by atoms with Gasteiger partial charge in [0.15, 0.2) is 11.5 Å². The molecule has 0 bridgehead atoms. The molecule has 6 nitrogen and oxygen atoms in total. The number of carbonyl (C=O) groups excluding carboxylic acids is 1. The van der Waals surface area contributed by atoms with Crippen LogP contribution in [0.4, 0.5) is 0 Å². The Hall–Kier alpha value is -3.28. The van der Waals surface area contributed by atoms with Crippen LogP contribution in [0.25, 0.3) is 10.8 Å². The van der Waals surface area contributed by atoms with Gasteiger partial charge in [-0.25, -0.2) is 0 Å². The van der Waals surface area contributed by atoms with E-state index >= 15 is 0 Å². The summed E-state index contributed by atoms with van der Waals surface area (Å²) in [6.45, 7) is 3.03. The molecule has 0 saturated heterocycles. The van der Waals surface area contributed by atoms with E-state index in [0.29, 0.717) is 40.9 Å². The predicted molar refractivity (Wildman–Crippen MR) is 114 cm³/mol. The minimum absolute atomic E-state index is 0.185. The zero-order valence-electron chi connectivity index (χ0n) is 17.0. The third kappa shape index (κ3) is 4.42. The Morgan fingerprint density at radius 3 is 2.31 bits per heavy atom. The van der Waals surface area contributed by atoms with Crippen LogP contribution in [-0.4, -0.2) is 31.2 Å². The van der Waals surface area contributed by atoms with Gasteiger partial charge in [-0.05, 0) is 24.1 Å². The highest BCUT2D eigenvalue weighted by molar-refractivity contribution is 6.07. The Labute approximate surface area is 170 Å². The van der Waals surface area contributed by atoms with Crippen molar-refractivity contribution >= 4 is 16.7 Å². The highest BCUT2D eigenvalue weighted by atomic mass is 16.5. The average molecular weight is 394 g/mol. The molecule has 152 valence electrons. The Kier molecular flexibility index (Phi) is 6.54. The monoisotopic (exact) mass is 394 g/mol. The van der Waals surface area contributed by atoms with Crippen LogP contribution in [0.5, 0.6) is 11.5 Å². The number of fused-ring (bicyclic) bond motifs is 1. The molecule has 2 aromatic carbocycles. The van der Waals surface area contributed by atoms with E-state index in [9.17, 15) is 9.59 Å². The minimum Gasteiger partial charge on any atom is -0.493 e. The van der Waals surface area contributed by atoms with E-state index < -0.39 is 0 Å². The molecule has 1 N–H and O–H groups in total. The van der Waals surface area contributed by atoms with Gasteiger partial charge in [0.2, 0.25) is 0 Å². The highest BCUT2D eigenvalue weighted by Gasteiger charge is 2.18. The summed E-state index contributed by atoms with van der Waals surface area (Å²) >= 11 is 0. The van der Waals surface area contributed by atoms with Gasteiger partial charge in [0.1, 0.15) is 0 Å². The van der Waals surface area contributed by atoms with E-state index in [0.717, 1.165) is 18.4 Å². The minimum atomic E-state index is -0.211. The summed E-state index contributed by atoms with van der Waals surface area (Å²) in [6, 6.07) is 13.0. The standard InChI is InChI=1S/C23H26N2O4/c1-4-5-11-24-22(26)19-15-25(14-16-9-7-6-8-10-16)23(27)18-13-21(29-3)20(28-2)12-17(18)19/h6-10,12-13,15H,4-5,11,14H2,1-3H3,(H,24,26). The van der Waals surface area contributed by atoms with Gasteiger partial charge in [0.05, 0.1) is 31.7 Å². The lowest BCUT2D eigenvalue weighted by molar-refractivity contribution is 0.0954. The third-order valence-electron chi connectivity index (χ3n) is 4.85. The van der Waals surface area contributed by atoms with Gasteiger partial charge in [-0.3, -0.25) is 9.59 Å². The summed E-state index contributed by atoms with van der Waals surface area (Å²) in [6.07, 6.45) is 3.51. The van der Waals surface area contributed by atoms with Crippen molar-refractivity contribution in [3.8, 4) is 11.5 Å². The quantitative estimate of drug-likeness (QED) is 0.593. The number of rotatable bonds is 8. The summed E-state index contributed by atoms with van der Waals surface area (Å²) in [5.74, 6) is 0.715. The Morgan fingerprint density at radius 2 is 1.69 bits per heavy atom. The second kappa shape index (κ2) is 9.28. The lowest BCUT2D eigenvalue weighted by Gasteiger charge is -2.15. The van der Waals surface area contributed by atoms with Crippen LogP contribution in [0.3, 0.4) is 0 Å². The Bertz CT molecular complexity index is 1060. The zero-order chi connectivity index (χ0) is 20.8. The summed E-state index contributed by atoms with van der Waals surface area (Å²) in [7, 11) is 3.05. The topological polar surface area (TPSA) is 69.6 Å². The fourth-order valence-electron chi connectivity index (χ4n) is 3.27. The van der Waals surface area contributed by atoms with Crippen molar-refractivity contribution in [3.05, 3.63) is 70.1 Å². The Morgan fingerprint density at radius 1 is 1.03 bits per heavy atom. The van der Waals surface area contributed by atoms with Crippen LogP contribution in [0, 0.1) is 0 Å². The summed E-state index contributed by atoms with van der Waals surface area (Å²) in [5.41, 5.74) is 1.23. The van der Waals surface area contributed by atoms with Crippen LogP contribution in [-0.2, 0) is 6.54 Å². The number of hydrogen-bond acceptors (Lipinski definition) is 4. The normalized spacial score (nSPS) is 10.7. The molecule has 1 amide bonds. The van der Waals surface area contributed by atoms with Crippen LogP contribution in [0.15, 0.2) is 53.5 Å². The molecule has 0 spiro atoms. The van der Waals surface area contributed by atoms with Gasteiger partial charge in [0.25, 0.3) is 11.5 Å². The molecule has 29 heavy (non-hydrogen) atoms. The van der Waals surface area contributed by atoms with Crippen LogP contribution in [0.2, 0.25) is 0 Å².